The molecule has 0 radical (unpaired) electrons. The van der Waals surface area contributed by atoms with Crippen LogP contribution in [0.15, 0.2) is 24.3 Å². The Kier molecular flexibility index (Phi) is 2.35. The van der Waals surface area contributed by atoms with E-state index >= 15 is 0 Å². The zero-order valence-corrected chi connectivity index (χ0v) is 7.26. The maximum atomic E-state index is 10.3. The Hall–Kier alpha value is -1.07. The van der Waals surface area contributed by atoms with Crippen LogP contribution in [0.4, 0.5) is 5.69 Å². The number of hydrogen-bond donors (Lipinski definition) is 1. The van der Waals surface area contributed by atoms with Gasteiger partial charge in [-0.2, -0.15) is 0 Å². The van der Waals surface area contributed by atoms with Gasteiger partial charge >= 0.3 is 0 Å². The lowest BCUT2D eigenvalue weighted by Crippen LogP contribution is -2.11. The molecule has 0 aliphatic carbocycles. The highest BCUT2D eigenvalue weighted by Gasteiger charge is 1.97. The average molecular weight is 186 g/mol. The summed E-state index contributed by atoms with van der Waals surface area (Å²) in [5.74, 6) is 0. The predicted octanol–water partition coefficient (Wildman–Crippen LogP) is 0.867. The molecule has 0 aliphatic rings. The standard InChI is InChI=1S/C7H9NO3S/c1-6-4-2-3-5-7(6)8-12(9,10)11/h2-5,8H,1H3,(H,9,10,11)/p-1. The average Bonchev–Trinajstić information content (AvgIpc) is 1.91. The van der Waals surface area contributed by atoms with Crippen LogP contribution in [0.5, 0.6) is 0 Å². The summed E-state index contributed by atoms with van der Waals surface area (Å²) >= 11 is 0. The van der Waals surface area contributed by atoms with Crippen molar-refractivity contribution in [3.8, 4) is 0 Å². The highest BCUT2D eigenvalue weighted by atomic mass is 32.2. The number of anilines is 1. The molecule has 0 saturated heterocycles. The van der Waals surface area contributed by atoms with Gasteiger partial charge in [-0.3, -0.25) is 4.72 Å². The van der Waals surface area contributed by atoms with Gasteiger partial charge in [-0.1, -0.05) is 18.2 Å². The van der Waals surface area contributed by atoms with Crippen molar-refractivity contribution in [3.63, 3.8) is 0 Å². The second-order valence-electron chi connectivity index (χ2n) is 2.37. The first kappa shape index (κ1) is 9.02. The third-order valence-electron chi connectivity index (χ3n) is 1.38. The van der Waals surface area contributed by atoms with E-state index < -0.39 is 10.3 Å². The van der Waals surface area contributed by atoms with Gasteiger partial charge in [-0.15, -0.1) is 0 Å². The van der Waals surface area contributed by atoms with Crippen molar-refractivity contribution in [2.75, 3.05) is 4.72 Å². The van der Waals surface area contributed by atoms with E-state index in [9.17, 15) is 13.0 Å². The van der Waals surface area contributed by atoms with Crippen molar-refractivity contribution in [2.45, 2.75) is 6.92 Å². The van der Waals surface area contributed by atoms with Gasteiger partial charge in [0.05, 0.1) is 5.69 Å². The number of hydrogen-bond acceptors (Lipinski definition) is 3. The van der Waals surface area contributed by atoms with Crippen molar-refractivity contribution in [2.24, 2.45) is 0 Å². The molecule has 0 aromatic heterocycles. The number of rotatable bonds is 2. The molecule has 0 spiro atoms. The Bertz CT molecular complexity index is 372. The van der Waals surface area contributed by atoms with Crippen LogP contribution in [-0.2, 0) is 10.3 Å². The fourth-order valence-electron chi connectivity index (χ4n) is 0.822. The van der Waals surface area contributed by atoms with Crippen LogP contribution in [0.2, 0.25) is 0 Å². The lowest BCUT2D eigenvalue weighted by atomic mass is 10.2. The fraction of sp³-hybridized carbons (Fsp3) is 0.143. The van der Waals surface area contributed by atoms with E-state index in [-0.39, 0.29) is 0 Å². The monoisotopic (exact) mass is 186 g/mol. The Morgan fingerprint density at radius 1 is 1.33 bits per heavy atom. The Morgan fingerprint density at radius 3 is 2.42 bits per heavy atom. The molecular formula is C7H8NO3S-. The van der Waals surface area contributed by atoms with Gasteiger partial charge in [0.1, 0.15) is 0 Å². The maximum absolute atomic E-state index is 10.3. The molecule has 0 bridgehead atoms. The highest BCUT2D eigenvalue weighted by molar-refractivity contribution is 7.87. The normalized spacial score (nSPS) is 11.2. The summed E-state index contributed by atoms with van der Waals surface area (Å²) in [6, 6.07) is 6.66. The van der Waals surface area contributed by atoms with Crippen LogP contribution in [0, 0.1) is 6.92 Å². The first-order valence-corrected chi connectivity index (χ1v) is 4.69. The smallest absolute Gasteiger partial charge is 0.181 e. The Morgan fingerprint density at radius 2 is 1.92 bits per heavy atom. The summed E-state index contributed by atoms with van der Waals surface area (Å²) in [5.41, 5.74) is 1.05. The lowest BCUT2D eigenvalue weighted by Gasteiger charge is -2.11. The molecule has 0 aliphatic heterocycles. The summed E-state index contributed by atoms with van der Waals surface area (Å²) in [4.78, 5) is 0. The lowest BCUT2D eigenvalue weighted by molar-refractivity contribution is 0.469. The molecule has 1 aromatic rings. The van der Waals surface area contributed by atoms with Crippen molar-refractivity contribution in [3.05, 3.63) is 29.8 Å². The van der Waals surface area contributed by atoms with Gasteiger partial charge in [-0.25, -0.2) is 8.42 Å². The molecule has 0 amide bonds. The van der Waals surface area contributed by atoms with Gasteiger partial charge in [0.15, 0.2) is 10.3 Å². The van der Waals surface area contributed by atoms with Crippen LogP contribution in [0.25, 0.3) is 0 Å². The van der Waals surface area contributed by atoms with Gasteiger partial charge in [0.2, 0.25) is 0 Å². The summed E-state index contributed by atoms with van der Waals surface area (Å²) < 4.78 is 32.7. The third-order valence-corrected chi connectivity index (χ3v) is 1.85. The molecular weight excluding hydrogens is 178 g/mol. The Balaban J connectivity index is 2.98. The number of nitrogens with one attached hydrogen (secondary N) is 1. The molecule has 66 valence electrons. The van der Waals surface area contributed by atoms with Crippen LogP contribution in [0.1, 0.15) is 5.56 Å². The summed E-state index contributed by atoms with van der Waals surface area (Å²) in [5, 5.41) is 0. The molecule has 0 heterocycles. The molecule has 0 fully saturated rings. The fourth-order valence-corrected chi connectivity index (χ4v) is 1.32. The van der Waals surface area contributed by atoms with Crippen molar-refractivity contribution >= 4 is 16.0 Å². The summed E-state index contributed by atoms with van der Waals surface area (Å²) in [6.07, 6.45) is 0. The Labute approximate surface area is 71.1 Å². The van der Waals surface area contributed by atoms with Crippen LogP contribution >= 0.6 is 0 Å². The van der Waals surface area contributed by atoms with E-state index in [1.165, 1.54) is 6.07 Å². The zero-order valence-electron chi connectivity index (χ0n) is 6.44. The predicted molar refractivity (Wildman–Crippen MR) is 44.5 cm³/mol. The summed E-state index contributed by atoms with van der Waals surface area (Å²) in [7, 11) is -4.40. The van der Waals surface area contributed by atoms with E-state index in [0.717, 1.165) is 5.56 Å². The topological polar surface area (TPSA) is 69.2 Å². The second kappa shape index (κ2) is 3.12. The molecule has 0 atom stereocenters. The van der Waals surface area contributed by atoms with Crippen molar-refractivity contribution in [1.82, 2.24) is 0 Å². The second-order valence-corrected chi connectivity index (χ2v) is 3.48. The quantitative estimate of drug-likeness (QED) is 0.696. The molecule has 1 N–H and O–H groups in total. The van der Waals surface area contributed by atoms with Crippen LogP contribution in [0.3, 0.4) is 0 Å². The van der Waals surface area contributed by atoms with E-state index in [4.69, 9.17) is 0 Å². The van der Waals surface area contributed by atoms with Gasteiger partial charge < -0.3 is 4.55 Å². The molecule has 0 unspecified atom stereocenters. The SMILES string of the molecule is Cc1ccccc1NS(=O)(=O)[O-]. The molecule has 4 nitrogen and oxygen atoms in total. The van der Waals surface area contributed by atoms with Crippen molar-refractivity contribution in [1.29, 1.82) is 0 Å². The minimum atomic E-state index is -4.40. The van der Waals surface area contributed by atoms with Gasteiger partial charge in [0.25, 0.3) is 0 Å². The third kappa shape index (κ3) is 2.52. The number of para-hydroxylation sites is 1. The van der Waals surface area contributed by atoms with E-state index in [1.807, 2.05) is 4.72 Å². The number of benzene rings is 1. The van der Waals surface area contributed by atoms with E-state index in [2.05, 4.69) is 0 Å². The zero-order chi connectivity index (χ0) is 9.19. The minimum Gasteiger partial charge on any atom is -0.731 e. The molecule has 12 heavy (non-hydrogen) atoms. The van der Waals surface area contributed by atoms with Gasteiger partial charge in [0, 0.05) is 0 Å². The molecule has 0 saturated carbocycles. The summed E-state index contributed by atoms with van der Waals surface area (Å²) in [6.45, 7) is 1.72. The van der Waals surface area contributed by atoms with E-state index in [0.29, 0.717) is 5.69 Å². The van der Waals surface area contributed by atoms with Crippen LogP contribution in [-0.4, -0.2) is 13.0 Å². The van der Waals surface area contributed by atoms with Gasteiger partial charge in [-0.05, 0) is 18.6 Å². The molecule has 5 heteroatoms. The highest BCUT2D eigenvalue weighted by Crippen LogP contribution is 2.13. The molecule has 1 rings (SSSR count). The van der Waals surface area contributed by atoms with Crippen LogP contribution < -0.4 is 4.72 Å². The first-order valence-electron chi connectivity index (χ1n) is 3.28. The maximum Gasteiger partial charge on any atom is 0.181 e. The number of aryl methyl sites for hydroxylation is 1. The van der Waals surface area contributed by atoms with E-state index in [1.54, 1.807) is 25.1 Å². The first-order chi connectivity index (χ1) is 5.49. The minimum absolute atomic E-state index is 0.326. The van der Waals surface area contributed by atoms with Crippen molar-refractivity contribution < 1.29 is 13.0 Å². The largest absolute Gasteiger partial charge is 0.731 e. The molecule has 1 aromatic carbocycles.